The van der Waals surface area contributed by atoms with Gasteiger partial charge in [-0.1, -0.05) is 18.2 Å². The van der Waals surface area contributed by atoms with Crippen LogP contribution in [0.4, 0.5) is 0 Å². The van der Waals surface area contributed by atoms with E-state index in [2.05, 4.69) is 10.2 Å². The van der Waals surface area contributed by atoms with Gasteiger partial charge in [0.05, 0.1) is 12.8 Å². The van der Waals surface area contributed by atoms with Crippen LogP contribution in [0.5, 0.6) is 5.75 Å². The SMILES string of the molecule is COc1ccccc1/C=C/c1ccc(=O)[nH]n1. The first-order valence-corrected chi connectivity index (χ1v) is 5.16. The van der Waals surface area contributed by atoms with Gasteiger partial charge in [-0.05, 0) is 24.3 Å². The number of ether oxygens (including phenoxy) is 1. The van der Waals surface area contributed by atoms with Crippen molar-refractivity contribution in [1.29, 1.82) is 0 Å². The summed E-state index contributed by atoms with van der Waals surface area (Å²) in [7, 11) is 1.63. The molecule has 2 aromatic rings. The molecule has 0 atom stereocenters. The molecule has 0 radical (unpaired) electrons. The van der Waals surface area contributed by atoms with E-state index in [1.165, 1.54) is 6.07 Å². The summed E-state index contributed by atoms with van der Waals surface area (Å²) in [6, 6.07) is 10.8. The Kier molecular flexibility index (Phi) is 3.35. The number of hydrogen-bond acceptors (Lipinski definition) is 3. The van der Waals surface area contributed by atoms with E-state index in [9.17, 15) is 4.79 Å². The molecule has 1 aromatic carbocycles. The maximum Gasteiger partial charge on any atom is 0.264 e. The normalized spacial score (nSPS) is 10.6. The lowest BCUT2D eigenvalue weighted by Gasteiger charge is -2.02. The average molecular weight is 228 g/mol. The smallest absolute Gasteiger partial charge is 0.264 e. The molecule has 0 aliphatic heterocycles. The maximum absolute atomic E-state index is 10.8. The van der Waals surface area contributed by atoms with Gasteiger partial charge < -0.3 is 4.74 Å². The molecule has 0 aliphatic carbocycles. The highest BCUT2D eigenvalue weighted by Crippen LogP contribution is 2.19. The number of nitrogens with zero attached hydrogens (tertiary/aromatic N) is 1. The van der Waals surface area contributed by atoms with Crippen molar-refractivity contribution < 1.29 is 4.74 Å². The lowest BCUT2D eigenvalue weighted by molar-refractivity contribution is 0.414. The van der Waals surface area contributed by atoms with Gasteiger partial charge in [0.25, 0.3) is 5.56 Å². The molecule has 86 valence electrons. The molecule has 0 spiro atoms. The third-order valence-electron chi connectivity index (χ3n) is 2.27. The topological polar surface area (TPSA) is 55.0 Å². The minimum Gasteiger partial charge on any atom is -0.496 e. The fourth-order valence-corrected chi connectivity index (χ4v) is 1.43. The molecule has 4 nitrogen and oxygen atoms in total. The molecule has 17 heavy (non-hydrogen) atoms. The van der Waals surface area contributed by atoms with Crippen LogP contribution in [0.25, 0.3) is 12.2 Å². The summed E-state index contributed by atoms with van der Waals surface area (Å²) in [6.45, 7) is 0. The molecule has 0 fully saturated rings. The van der Waals surface area contributed by atoms with Crippen molar-refractivity contribution in [2.45, 2.75) is 0 Å². The molecule has 0 saturated carbocycles. The second-order valence-electron chi connectivity index (χ2n) is 3.42. The van der Waals surface area contributed by atoms with E-state index in [1.807, 2.05) is 36.4 Å². The van der Waals surface area contributed by atoms with Crippen LogP contribution >= 0.6 is 0 Å². The summed E-state index contributed by atoms with van der Waals surface area (Å²) < 4.78 is 5.22. The standard InChI is InChI=1S/C13H12N2O2/c1-17-12-5-3-2-4-10(12)6-7-11-8-9-13(16)15-14-11/h2-9H,1H3,(H,15,16)/b7-6+. The van der Waals surface area contributed by atoms with Crippen LogP contribution in [0, 0.1) is 0 Å². The lowest BCUT2D eigenvalue weighted by atomic mass is 10.2. The number of aromatic nitrogens is 2. The van der Waals surface area contributed by atoms with Crippen LogP contribution in [0.1, 0.15) is 11.3 Å². The number of rotatable bonds is 3. The zero-order valence-electron chi connectivity index (χ0n) is 9.38. The van der Waals surface area contributed by atoms with Crippen molar-refractivity contribution in [1.82, 2.24) is 10.2 Å². The summed E-state index contributed by atoms with van der Waals surface area (Å²) in [6.07, 6.45) is 3.70. The van der Waals surface area contributed by atoms with Gasteiger partial charge in [-0.2, -0.15) is 5.10 Å². The van der Waals surface area contributed by atoms with Crippen molar-refractivity contribution >= 4 is 12.2 Å². The molecular weight excluding hydrogens is 216 g/mol. The summed E-state index contributed by atoms with van der Waals surface area (Å²) >= 11 is 0. The minimum atomic E-state index is -0.209. The van der Waals surface area contributed by atoms with Crippen molar-refractivity contribution in [3.8, 4) is 5.75 Å². The lowest BCUT2D eigenvalue weighted by Crippen LogP contribution is -2.05. The molecule has 1 aromatic heterocycles. The number of hydrogen-bond donors (Lipinski definition) is 1. The molecule has 0 saturated heterocycles. The monoisotopic (exact) mass is 228 g/mol. The van der Waals surface area contributed by atoms with Gasteiger partial charge >= 0.3 is 0 Å². The fraction of sp³-hybridized carbons (Fsp3) is 0.0769. The molecule has 0 aliphatic rings. The van der Waals surface area contributed by atoms with Gasteiger partial charge in [0.1, 0.15) is 5.75 Å². The Labute approximate surface area is 98.6 Å². The van der Waals surface area contributed by atoms with Crippen molar-refractivity contribution in [2.75, 3.05) is 7.11 Å². The highest BCUT2D eigenvalue weighted by atomic mass is 16.5. The van der Waals surface area contributed by atoms with Crippen LogP contribution in [-0.4, -0.2) is 17.3 Å². The Bertz CT molecular complexity index is 567. The summed E-state index contributed by atoms with van der Waals surface area (Å²) in [5.41, 5.74) is 1.44. The third-order valence-corrected chi connectivity index (χ3v) is 2.27. The van der Waals surface area contributed by atoms with Crippen LogP contribution < -0.4 is 10.3 Å². The number of para-hydroxylation sites is 1. The summed E-state index contributed by atoms with van der Waals surface area (Å²) in [4.78, 5) is 10.8. The van der Waals surface area contributed by atoms with Crippen molar-refractivity contribution in [3.63, 3.8) is 0 Å². The van der Waals surface area contributed by atoms with Crippen LogP contribution in [0.3, 0.4) is 0 Å². The van der Waals surface area contributed by atoms with Crippen molar-refractivity contribution in [2.24, 2.45) is 0 Å². The summed E-state index contributed by atoms with van der Waals surface area (Å²) in [5.74, 6) is 0.799. The number of nitrogens with one attached hydrogen (secondary N) is 1. The molecule has 0 bridgehead atoms. The minimum absolute atomic E-state index is 0.209. The molecule has 2 rings (SSSR count). The Morgan fingerprint density at radius 2 is 2.00 bits per heavy atom. The highest BCUT2D eigenvalue weighted by molar-refractivity contribution is 5.70. The van der Waals surface area contributed by atoms with Crippen LogP contribution in [-0.2, 0) is 0 Å². The number of methoxy groups -OCH3 is 1. The molecular formula is C13H12N2O2. The quantitative estimate of drug-likeness (QED) is 0.873. The zero-order chi connectivity index (χ0) is 12.1. The number of H-pyrrole nitrogens is 1. The Morgan fingerprint density at radius 1 is 1.18 bits per heavy atom. The second kappa shape index (κ2) is 5.12. The van der Waals surface area contributed by atoms with Gasteiger partial charge in [0.2, 0.25) is 0 Å². The largest absolute Gasteiger partial charge is 0.496 e. The average Bonchev–Trinajstić information content (AvgIpc) is 2.38. The Hall–Kier alpha value is -2.36. The molecule has 1 N–H and O–H groups in total. The highest BCUT2D eigenvalue weighted by Gasteiger charge is 1.96. The summed E-state index contributed by atoms with van der Waals surface area (Å²) in [5, 5.41) is 6.26. The fourth-order valence-electron chi connectivity index (χ4n) is 1.43. The molecule has 0 unspecified atom stereocenters. The van der Waals surface area contributed by atoms with Crippen molar-refractivity contribution in [3.05, 3.63) is 58.0 Å². The first kappa shape index (κ1) is 11.1. The Balaban J connectivity index is 2.25. The van der Waals surface area contributed by atoms with E-state index in [-0.39, 0.29) is 5.56 Å². The zero-order valence-corrected chi connectivity index (χ0v) is 9.38. The van der Waals surface area contributed by atoms with Gasteiger partial charge in [-0.15, -0.1) is 0 Å². The van der Waals surface area contributed by atoms with E-state index in [0.717, 1.165) is 11.3 Å². The van der Waals surface area contributed by atoms with Gasteiger partial charge in [0.15, 0.2) is 0 Å². The third kappa shape index (κ3) is 2.81. The number of aromatic amines is 1. The van der Waals surface area contributed by atoms with Gasteiger partial charge in [-0.25, -0.2) is 5.10 Å². The van der Waals surface area contributed by atoms with E-state index >= 15 is 0 Å². The van der Waals surface area contributed by atoms with Crippen LogP contribution in [0.2, 0.25) is 0 Å². The first-order chi connectivity index (χ1) is 8.29. The molecule has 4 heteroatoms. The first-order valence-electron chi connectivity index (χ1n) is 5.16. The van der Waals surface area contributed by atoms with E-state index in [0.29, 0.717) is 5.69 Å². The second-order valence-corrected chi connectivity index (χ2v) is 3.42. The van der Waals surface area contributed by atoms with E-state index in [4.69, 9.17) is 4.74 Å². The predicted octanol–water partition coefficient (Wildman–Crippen LogP) is 1.95. The number of benzene rings is 1. The predicted molar refractivity (Wildman–Crippen MR) is 66.8 cm³/mol. The van der Waals surface area contributed by atoms with E-state index < -0.39 is 0 Å². The van der Waals surface area contributed by atoms with E-state index in [1.54, 1.807) is 13.2 Å². The van der Waals surface area contributed by atoms with Crippen LogP contribution in [0.15, 0.2) is 41.2 Å². The molecule has 0 amide bonds. The van der Waals surface area contributed by atoms with Gasteiger partial charge in [0, 0.05) is 11.6 Å². The Morgan fingerprint density at radius 3 is 2.71 bits per heavy atom. The molecule has 1 heterocycles. The van der Waals surface area contributed by atoms with Gasteiger partial charge in [-0.3, -0.25) is 4.79 Å². The maximum atomic E-state index is 10.8.